The molecule has 1 aliphatic carbocycles. The summed E-state index contributed by atoms with van der Waals surface area (Å²) in [6.07, 6.45) is 4.39. The fourth-order valence-electron chi connectivity index (χ4n) is 1.76. The van der Waals surface area contributed by atoms with Gasteiger partial charge < -0.3 is 15.0 Å². The Bertz CT molecular complexity index is 373. The van der Waals surface area contributed by atoms with Crippen LogP contribution in [0.25, 0.3) is 0 Å². The molecule has 0 spiro atoms. The molecule has 0 bridgehead atoms. The third-order valence-electron chi connectivity index (χ3n) is 2.88. The first kappa shape index (κ1) is 11.1. The summed E-state index contributed by atoms with van der Waals surface area (Å²) in [6.45, 7) is 0.625. The van der Waals surface area contributed by atoms with Gasteiger partial charge in [-0.3, -0.25) is 4.79 Å². The molecule has 1 aromatic heterocycles. The summed E-state index contributed by atoms with van der Waals surface area (Å²) < 4.78 is 1.84. The summed E-state index contributed by atoms with van der Waals surface area (Å²) in [6, 6.07) is -0.395. The minimum atomic E-state index is -0.750. The molecule has 1 atom stereocenters. The van der Waals surface area contributed by atoms with Crippen molar-refractivity contribution in [2.24, 2.45) is 13.0 Å². The van der Waals surface area contributed by atoms with Crippen LogP contribution in [0.1, 0.15) is 18.7 Å². The molecule has 1 saturated carbocycles. The molecule has 6 nitrogen and oxygen atoms in total. The maximum Gasteiger partial charge on any atom is 0.320 e. The van der Waals surface area contributed by atoms with Crippen molar-refractivity contribution >= 4 is 5.97 Å². The van der Waals surface area contributed by atoms with Gasteiger partial charge in [0.2, 0.25) is 0 Å². The highest BCUT2D eigenvalue weighted by atomic mass is 16.4. The van der Waals surface area contributed by atoms with Gasteiger partial charge in [-0.05, 0) is 18.8 Å². The molecule has 0 aromatic carbocycles. The van der Waals surface area contributed by atoms with E-state index in [9.17, 15) is 4.79 Å². The van der Waals surface area contributed by atoms with Gasteiger partial charge in [0.15, 0.2) is 0 Å². The zero-order valence-electron chi connectivity index (χ0n) is 9.26. The standard InChI is InChI=1S/C10H16N4O2/c1-14-6-12-13-8(14)4-5-11-9(10(15)16)7-2-3-7/h6-7,9,11H,2-5H2,1H3,(H,15,16). The smallest absolute Gasteiger partial charge is 0.320 e. The molecule has 16 heavy (non-hydrogen) atoms. The lowest BCUT2D eigenvalue weighted by molar-refractivity contribution is -0.140. The fraction of sp³-hybridized carbons (Fsp3) is 0.700. The average Bonchev–Trinajstić information content (AvgIpc) is 2.98. The molecule has 0 amide bonds. The lowest BCUT2D eigenvalue weighted by Gasteiger charge is -2.12. The first-order valence-electron chi connectivity index (χ1n) is 5.47. The topological polar surface area (TPSA) is 80.0 Å². The zero-order valence-corrected chi connectivity index (χ0v) is 9.26. The van der Waals surface area contributed by atoms with E-state index < -0.39 is 12.0 Å². The number of aliphatic carboxylic acids is 1. The molecule has 2 N–H and O–H groups in total. The molecule has 1 aromatic rings. The first-order valence-corrected chi connectivity index (χ1v) is 5.47. The summed E-state index contributed by atoms with van der Waals surface area (Å²) >= 11 is 0. The number of hydrogen-bond acceptors (Lipinski definition) is 4. The van der Waals surface area contributed by atoms with E-state index in [2.05, 4.69) is 15.5 Å². The molecule has 1 heterocycles. The van der Waals surface area contributed by atoms with Crippen LogP contribution < -0.4 is 5.32 Å². The van der Waals surface area contributed by atoms with Crippen LogP contribution in [0, 0.1) is 5.92 Å². The predicted octanol–water partition coefficient (Wildman–Crippen LogP) is -0.190. The summed E-state index contributed by atoms with van der Waals surface area (Å²) in [5.41, 5.74) is 0. The van der Waals surface area contributed by atoms with Crippen LogP contribution in [0.2, 0.25) is 0 Å². The summed E-state index contributed by atoms with van der Waals surface area (Å²) in [5.74, 6) is 0.435. The van der Waals surface area contributed by atoms with Crippen molar-refractivity contribution in [3.8, 4) is 0 Å². The number of carboxylic acids is 1. The fourth-order valence-corrected chi connectivity index (χ4v) is 1.76. The van der Waals surface area contributed by atoms with Crippen LogP contribution in [-0.2, 0) is 18.3 Å². The van der Waals surface area contributed by atoms with Crippen molar-refractivity contribution in [3.63, 3.8) is 0 Å². The van der Waals surface area contributed by atoms with Gasteiger partial charge in [-0.25, -0.2) is 0 Å². The number of nitrogens with one attached hydrogen (secondary N) is 1. The zero-order chi connectivity index (χ0) is 11.5. The van der Waals surface area contributed by atoms with Crippen molar-refractivity contribution in [2.75, 3.05) is 6.54 Å². The Labute approximate surface area is 93.7 Å². The largest absolute Gasteiger partial charge is 0.480 e. The minimum absolute atomic E-state index is 0.317. The molecule has 1 unspecified atom stereocenters. The Balaban J connectivity index is 1.78. The van der Waals surface area contributed by atoms with E-state index in [4.69, 9.17) is 5.11 Å². The molecule has 88 valence electrons. The lowest BCUT2D eigenvalue weighted by atomic mass is 10.2. The minimum Gasteiger partial charge on any atom is -0.480 e. The van der Waals surface area contributed by atoms with Crippen molar-refractivity contribution in [1.29, 1.82) is 0 Å². The molecule has 6 heteroatoms. The number of aromatic nitrogens is 3. The van der Waals surface area contributed by atoms with Crippen molar-refractivity contribution < 1.29 is 9.90 Å². The van der Waals surface area contributed by atoms with Crippen LogP contribution in [0.3, 0.4) is 0 Å². The number of carboxylic acid groups (broad SMARTS) is 1. The first-order chi connectivity index (χ1) is 7.68. The Morgan fingerprint density at radius 2 is 2.50 bits per heavy atom. The summed E-state index contributed by atoms with van der Waals surface area (Å²) in [4.78, 5) is 10.9. The van der Waals surface area contributed by atoms with Crippen molar-refractivity contribution in [1.82, 2.24) is 20.1 Å². The number of hydrogen-bond donors (Lipinski definition) is 2. The van der Waals surface area contributed by atoms with Crippen LogP contribution in [0.15, 0.2) is 6.33 Å². The Hall–Kier alpha value is -1.43. The molecule has 0 radical (unpaired) electrons. The Morgan fingerprint density at radius 1 is 1.75 bits per heavy atom. The van der Waals surface area contributed by atoms with Crippen LogP contribution in [-0.4, -0.2) is 38.4 Å². The molecule has 1 aliphatic rings. The van der Waals surface area contributed by atoms with Gasteiger partial charge in [0.25, 0.3) is 0 Å². The molecule has 0 saturated heterocycles. The normalized spacial score (nSPS) is 17.3. The Morgan fingerprint density at radius 3 is 3.00 bits per heavy atom. The number of aryl methyl sites for hydroxylation is 1. The maximum absolute atomic E-state index is 10.9. The summed E-state index contributed by atoms with van der Waals surface area (Å²) in [5, 5.41) is 19.8. The molecule has 2 rings (SSSR count). The number of rotatable bonds is 6. The van der Waals surface area contributed by atoms with Gasteiger partial charge in [0.1, 0.15) is 18.2 Å². The van der Waals surface area contributed by atoms with E-state index in [0.29, 0.717) is 18.9 Å². The highest BCUT2D eigenvalue weighted by molar-refractivity contribution is 5.74. The Kier molecular flexibility index (Phi) is 3.19. The summed E-state index contributed by atoms with van der Waals surface area (Å²) in [7, 11) is 1.88. The van der Waals surface area contributed by atoms with Crippen molar-refractivity contribution in [3.05, 3.63) is 12.2 Å². The second-order valence-electron chi connectivity index (χ2n) is 4.22. The lowest BCUT2D eigenvalue weighted by Crippen LogP contribution is -2.39. The predicted molar refractivity (Wildman–Crippen MR) is 56.9 cm³/mol. The van der Waals surface area contributed by atoms with E-state index in [1.807, 2.05) is 11.6 Å². The van der Waals surface area contributed by atoms with E-state index >= 15 is 0 Å². The maximum atomic E-state index is 10.9. The molecule has 0 aliphatic heterocycles. The van der Waals surface area contributed by atoms with Crippen LogP contribution >= 0.6 is 0 Å². The highest BCUT2D eigenvalue weighted by Gasteiger charge is 2.35. The molecular weight excluding hydrogens is 208 g/mol. The monoisotopic (exact) mass is 224 g/mol. The molecular formula is C10H16N4O2. The van der Waals surface area contributed by atoms with E-state index in [1.54, 1.807) is 6.33 Å². The van der Waals surface area contributed by atoms with E-state index in [1.165, 1.54) is 0 Å². The quantitative estimate of drug-likeness (QED) is 0.700. The average molecular weight is 224 g/mol. The van der Waals surface area contributed by atoms with E-state index in [-0.39, 0.29) is 0 Å². The van der Waals surface area contributed by atoms with Crippen molar-refractivity contribution in [2.45, 2.75) is 25.3 Å². The third-order valence-corrected chi connectivity index (χ3v) is 2.88. The van der Waals surface area contributed by atoms with Gasteiger partial charge in [-0.15, -0.1) is 10.2 Å². The van der Waals surface area contributed by atoms with Gasteiger partial charge >= 0.3 is 5.97 Å². The molecule has 1 fully saturated rings. The number of nitrogens with zero attached hydrogens (tertiary/aromatic N) is 3. The van der Waals surface area contributed by atoms with Gasteiger partial charge in [0.05, 0.1) is 0 Å². The van der Waals surface area contributed by atoms with Crippen LogP contribution in [0.4, 0.5) is 0 Å². The highest BCUT2D eigenvalue weighted by Crippen LogP contribution is 2.32. The third kappa shape index (κ3) is 2.57. The second-order valence-corrected chi connectivity index (χ2v) is 4.22. The van der Waals surface area contributed by atoms with E-state index in [0.717, 1.165) is 18.7 Å². The second kappa shape index (κ2) is 4.61. The van der Waals surface area contributed by atoms with Gasteiger partial charge in [0, 0.05) is 20.0 Å². The van der Waals surface area contributed by atoms with Crippen LogP contribution in [0.5, 0.6) is 0 Å². The SMILES string of the molecule is Cn1cnnc1CCNC(C(=O)O)C1CC1. The van der Waals surface area contributed by atoms with Gasteiger partial charge in [-0.2, -0.15) is 0 Å². The van der Waals surface area contributed by atoms with Gasteiger partial charge in [-0.1, -0.05) is 0 Å². The number of carbonyl (C=O) groups is 1.